The standard InChI is InChI=1S/C15H22O3/c1-11(2)17-15-9-8-13(10-14(15)16)18-12-6-4-3-5-7-12/h8-12,16H,3-7H2,1-2H3. The van der Waals surface area contributed by atoms with Crippen LogP contribution in [0.3, 0.4) is 0 Å². The fourth-order valence-electron chi connectivity index (χ4n) is 2.30. The molecule has 1 aromatic rings. The highest BCUT2D eigenvalue weighted by Gasteiger charge is 2.15. The van der Waals surface area contributed by atoms with Crippen LogP contribution in [-0.2, 0) is 0 Å². The van der Waals surface area contributed by atoms with Gasteiger partial charge in [-0.3, -0.25) is 0 Å². The van der Waals surface area contributed by atoms with Crippen LogP contribution in [0.2, 0.25) is 0 Å². The van der Waals surface area contributed by atoms with Crippen molar-refractivity contribution in [3.63, 3.8) is 0 Å². The molecule has 1 aliphatic rings. The van der Waals surface area contributed by atoms with E-state index in [0.717, 1.165) is 18.6 Å². The Labute approximate surface area is 109 Å². The first-order valence-corrected chi connectivity index (χ1v) is 6.81. The third kappa shape index (κ3) is 3.56. The van der Waals surface area contributed by atoms with Gasteiger partial charge in [0.25, 0.3) is 0 Å². The van der Waals surface area contributed by atoms with Crippen LogP contribution in [0.15, 0.2) is 18.2 Å². The Balaban J connectivity index is 1.99. The Morgan fingerprint density at radius 2 is 1.89 bits per heavy atom. The number of hydrogen-bond acceptors (Lipinski definition) is 3. The van der Waals surface area contributed by atoms with Crippen LogP contribution in [0, 0.1) is 0 Å². The fourth-order valence-corrected chi connectivity index (χ4v) is 2.30. The summed E-state index contributed by atoms with van der Waals surface area (Å²) in [5.41, 5.74) is 0. The third-order valence-electron chi connectivity index (χ3n) is 3.15. The summed E-state index contributed by atoms with van der Waals surface area (Å²) in [5.74, 6) is 1.40. The van der Waals surface area contributed by atoms with E-state index >= 15 is 0 Å². The molecule has 0 unspecified atom stereocenters. The second-order valence-electron chi connectivity index (χ2n) is 5.17. The number of aromatic hydroxyl groups is 1. The molecule has 0 heterocycles. The zero-order valence-corrected chi connectivity index (χ0v) is 11.2. The smallest absolute Gasteiger partial charge is 0.161 e. The molecule has 1 saturated carbocycles. The van der Waals surface area contributed by atoms with Crippen molar-refractivity contribution in [1.29, 1.82) is 0 Å². The van der Waals surface area contributed by atoms with E-state index in [1.54, 1.807) is 12.1 Å². The zero-order valence-electron chi connectivity index (χ0n) is 11.2. The van der Waals surface area contributed by atoms with Crippen molar-refractivity contribution in [2.75, 3.05) is 0 Å². The SMILES string of the molecule is CC(C)Oc1ccc(OC2CCCCC2)cc1O. The fraction of sp³-hybridized carbons (Fsp3) is 0.600. The summed E-state index contributed by atoms with van der Waals surface area (Å²) in [6.07, 6.45) is 6.38. The van der Waals surface area contributed by atoms with Crippen LogP contribution >= 0.6 is 0 Å². The maximum Gasteiger partial charge on any atom is 0.161 e. The van der Waals surface area contributed by atoms with Crippen LogP contribution in [0.25, 0.3) is 0 Å². The van der Waals surface area contributed by atoms with Gasteiger partial charge in [0.15, 0.2) is 11.5 Å². The Morgan fingerprint density at radius 1 is 1.17 bits per heavy atom. The van der Waals surface area contributed by atoms with Gasteiger partial charge in [-0.15, -0.1) is 0 Å². The minimum absolute atomic E-state index is 0.0565. The van der Waals surface area contributed by atoms with Crippen molar-refractivity contribution in [2.24, 2.45) is 0 Å². The number of phenols is 1. The van der Waals surface area contributed by atoms with Crippen LogP contribution in [0.5, 0.6) is 17.2 Å². The van der Waals surface area contributed by atoms with Crippen molar-refractivity contribution >= 4 is 0 Å². The van der Waals surface area contributed by atoms with Gasteiger partial charge in [0, 0.05) is 6.07 Å². The van der Waals surface area contributed by atoms with E-state index in [4.69, 9.17) is 9.47 Å². The van der Waals surface area contributed by atoms with Gasteiger partial charge >= 0.3 is 0 Å². The van der Waals surface area contributed by atoms with Gasteiger partial charge in [-0.1, -0.05) is 6.42 Å². The second-order valence-corrected chi connectivity index (χ2v) is 5.17. The number of hydrogen-bond donors (Lipinski definition) is 1. The Morgan fingerprint density at radius 3 is 2.50 bits per heavy atom. The Bertz CT molecular complexity index is 381. The van der Waals surface area contributed by atoms with E-state index in [-0.39, 0.29) is 11.9 Å². The van der Waals surface area contributed by atoms with E-state index < -0.39 is 0 Å². The third-order valence-corrected chi connectivity index (χ3v) is 3.15. The molecule has 1 N–H and O–H groups in total. The first-order valence-electron chi connectivity index (χ1n) is 6.81. The molecule has 0 bridgehead atoms. The molecule has 0 aromatic heterocycles. The molecule has 100 valence electrons. The molecule has 0 aliphatic heterocycles. The van der Waals surface area contributed by atoms with E-state index in [1.165, 1.54) is 19.3 Å². The van der Waals surface area contributed by atoms with Crippen LogP contribution in [0.1, 0.15) is 46.0 Å². The van der Waals surface area contributed by atoms with Crippen molar-refractivity contribution < 1.29 is 14.6 Å². The maximum atomic E-state index is 9.86. The van der Waals surface area contributed by atoms with Gasteiger partial charge in [0.05, 0.1) is 12.2 Å². The molecule has 1 aliphatic carbocycles. The summed E-state index contributed by atoms with van der Waals surface area (Å²) >= 11 is 0. The number of phenolic OH excluding ortho intramolecular Hbond substituents is 1. The van der Waals surface area contributed by atoms with Gasteiger partial charge in [-0.2, -0.15) is 0 Å². The molecule has 0 spiro atoms. The molecular weight excluding hydrogens is 228 g/mol. The van der Waals surface area contributed by atoms with E-state index in [9.17, 15) is 5.11 Å². The molecule has 2 rings (SSSR count). The lowest BCUT2D eigenvalue weighted by Crippen LogP contribution is -2.19. The predicted octanol–water partition coefficient (Wildman–Crippen LogP) is 3.89. The summed E-state index contributed by atoms with van der Waals surface area (Å²) in [6.45, 7) is 3.87. The summed E-state index contributed by atoms with van der Waals surface area (Å²) in [5, 5.41) is 9.86. The molecule has 0 saturated heterocycles. The summed E-state index contributed by atoms with van der Waals surface area (Å²) in [6, 6.07) is 5.28. The van der Waals surface area contributed by atoms with E-state index in [0.29, 0.717) is 11.9 Å². The van der Waals surface area contributed by atoms with Crippen molar-refractivity contribution in [2.45, 2.75) is 58.2 Å². The molecule has 18 heavy (non-hydrogen) atoms. The van der Waals surface area contributed by atoms with Crippen molar-refractivity contribution in [1.82, 2.24) is 0 Å². The zero-order chi connectivity index (χ0) is 13.0. The van der Waals surface area contributed by atoms with Gasteiger partial charge in [-0.25, -0.2) is 0 Å². The number of benzene rings is 1. The van der Waals surface area contributed by atoms with Crippen LogP contribution < -0.4 is 9.47 Å². The minimum Gasteiger partial charge on any atom is -0.504 e. The molecule has 0 atom stereocenters. The average molecular weight is 250 g/mol. The number of rotatable bonds is 4. The van der Waals surface area contributed by atoms with Crippen molar-refractivity contribution in [3.05, 3.63) is 18.2 Å². The van der Waals surface area contributed by atoms with Crippen molar-refractivity contribution in [3.8, 4) is 17.2 Å². The Kier molecular flexibility index (Phi) is 4.34. The van der Waals surface area contributed by atoms with Gasteiger partial charge in [-0.05, 0) is 51.7 Å². The topological polar surface area (TPSA) is 38.7 Å². The van der Waals surface area contributed by atoms with Crippen LogP contribution in [0.4, 0.5) is 0 Å². The van der Waals surface area contributed by atoms with Gasteiger partial charge < -0.3 is 14.6 Å². The summed E-state index contributed by atoms with van der Waals surface area (Å²) in [7, 11) is 0. The summed E-state index contributed by atoms with van der Waals surface area (Å²) in [4.78, 5) is 0. The lowest BCUT2D eigenvalue weighted by atomic mass is 9.98. The highest BCUT2D eigenvalue weighted by atomic mass is 16.5. The van der Waals surface area contributed by atoms with Gasteiger partial charge in [0.1, 0.15) is 5.75 Å². The average Bonchev–Trinajstić information content (AvgIpc) is 2.33. The molecule has 0 amide bonds. The predicted molar refractivity (Wildman–Crippen MR) is 71.4 cm³/mol. The first kappa shape index (κ1) is 13.1. The van der Waals surface area contributed by atoms with Gasteiger partial charge in [0.2, 0.25) is 0 Å². The largest absolute Gasteiger partial charge is 0.504 e. The lowest BCUT2D eigenvalue weighted by Gasteiger charge is -2.23. The monoisotopic (exact) mass is 250 g/mol. The highest BCUT2D eigenvalue weighted by Crippen LogP contribution is 2.32. The highest BCUT2D eigenvalue weighted by molar-refractivity contribution is 5.44. The number of ether oxygens (including phenoxy) is 2. The minimum atomic E-state index is 0.0565. The maximum absolute atomic E-state index is 9.86. The molecule has 1 aromatic carbocycles. The summed E-state index contributed by atoms with van der Waals surface area (Å²) < 4.78 is 11.4. The quantitative estimate of drug-likeness (QED) is 0.881. The molecule has 0 radical (unpaired) electrons. The first-order chi connectivity index (χ1) is 8.65. The Hall–Kier alpha value is -1.38. The lowest BCUT2D eigenvalue weighted by molar-refractivity contribution is 0.154. The van der Waals surface area contributed by atoms with E-state index in [1.807, 2.05) is 19.9 Å². The van der Waals surface area contributed by atoms with E-state index in [2.05, 4.69) is 0 Å². The van der Waals surface area contributed by atoms with Crippen LogP contribution in [-0.4, -0.2) is 17.3 Å². The molecule has 3 heteroatoms. The molecule has 1 fully saturated rings. The molecular formula is C15H22O3. The molecule has 3 nitrogen and oxygen atoms in total. The normalized spacial score (nSPS) is 16.8. The second kappa shape index (κ2) is 5.98.